The number of amides is 1. The molecule has 2 aromatic carbocycles. The number of benzene rings is 2. The third kappa shape index (κ3) is 4.43. The number of aromatic nitrogens is 2. The second-order valence-electron chi connectivity index (χ2n) is 6.62. The van der Waals surface area contributed by atoms with Crippen molar-refractivity contribution in [3.8, 4) is 5.75 Å². The predicted octanol–water partition coefficient (Wildman–Crippen LogP) is 3.40. The first kappa shape index (κ1) is 20.1. The topological polar surface area (TPSA) is 99.3 Å². The van der Waals surface area contributed by atoms with E-state index in [4.69, 9.17) is 4.74 Å². The monoisotopic (exact) mass is 394 g/mol. The lowest BCUT2D eigenvalue weighted by Crippen LogP contribution is -2.24. The van der Waals surface area contributed by atoms with E-state index >= 15 is 0 Å². The number of nitro groups is 1. The Hall–Kier alpha value is -3.68. The molecule has 0 radical (unpaired) electrons. The van der Waals surface area contributed by atoms with E-state index in [9.17, 15) is 14.9 Å². The Morgan fingerprint density at radius 3 is 2.59 bits per heavy atom. The van der Waals surface area contributed by atoms with Crippen molar-refractivity contribution in [2.75, 3.05) is 7.11 Å². The first-order valence-corrected chi connectivity index (χ1v) is 9.08. The van der Waals surface area contributed by atoms with Crippen LogP contribution in [0, 0.1) is 24.0 Å². The molecule has 0 aliphatic carbocycles. The second kappa shape index (κ2) is 8.55. The summed E-state index contributed by atoms with van der Waals surface area (Å²) < 4.78 is 7.07. The molecule has 3 rings (SSSR count). The largest absolute Gasteiger partial charge is 0.496 e. The molecule has 0 atom stereocenters. The van der Waals surface area contributed by atoms with Gasteiger partial charge in [0.1, 0.15) is 5.75 Å². The number of nitro benzene ring substituents is 1. The summed E-state index contributed by atoms with van der Waals surface area (Å²) in [5.74, 6) is -0.165. The van der Waals surface area contributed by atoms with Crippen LogP contribution in [0.4, 0.5) is 5.69 Å². The Morgan fingerprint density at radius 1 is 1.21 bits per heavy atom. The minimum Gasteiger partial charge on any atom is -0.496 e. The van der Waals surface area contributed by atoms with Gasteiger partial charge >= 0.3 is 0 Å². The average Bonchev–Trinajstić information content (AvgIpc) is 2.99. The minimum atomic E-state index is -0.544. The highest BCUT2D eigenvalue weighted by Crippen LogP contribution is 2.24. The minimum absolute atomic E-state index is 0.119. The molecule has 1 amide bonds. The lowest BCUT2D eigenvalue weighted by Gasteiger charge is -2.10. The van der Waals surface area contributed by atoms with Gasteiger partial charge in [0.25, 0.3) is 11.6 Å². The van der Waals surface area contributed by atoms with E-state index < -0.39 is 10.8 Å². The molecule has 0 aliphatic heterocycles. The van der Waals surface area contributed by atoms with Crippen LogP contribution in [0.15, 0.2) is 48.5 Å². The van der Waals surface area contributed by atoms with Gasteiger partial charge in [-0.05, 0) is 25.5 Å². The zero-order chi connectivity index (χ0) is 21.0. The molecule has 1 N–H and O–H groups in total. The van der Waals surface area contributed by atoms with Gasteiger partial charge in [-0.15, -0.1) is 0 Å². The Labute approximate surface area is 168 Å². The first-order valence-electron chi connectivity index (χ1n) is 9.08. The van der Waals surface area contributed by atoms with E-state index in [0.717, 1.165) is 22.5 Å². The Kier molecular flexibility index (Phi) is 5.92. The summed E-state index contributed by atoms with van der Waals surface area (Å²) in [4.78, 5) is 23.1. The molecular formula is C21H22N4O4. The zero-order valence-electron chi connectivity index (χ0n) is 16.5. The molecule has 8 nitrogen and oxygen atoms in total. The maximum Gasteiger partial charge on any atom is 0.270 e. The molecule has 1 heterocycles. The van der Waals surface area contributed by atoms with E-state index in [-0.39, 0.29) is 23.5 Å². The van der Waals surface area contributed by atoms with E-state index in [1.807, 2.05) is 48.9 Å². The van der Waals surface area contributed by atoms with Gasteiger partial charge in [0.15, 0.2) is 0 Å². The predicted molar refractivity (Wildman–Crippen MR) is 108 cm³/mol. The fourth-order valence-electron chi connectivity index (χ4n) is 3.15. The Balaban J connectivity index is 1.77. The van der Waals surface area contributed by atoms with Crippen LogP contribution >= 0.6 is 0 Å². The maximum absolute atomic E-state index is 12.7. The Morgan fingerprint density at radius 2 is 1.93 bits per heavy atom. The van der Waals surface area contributed by atoms with Crippen LogP contribution in [0.25, 0.3) is 0 Å². The summed E-state index contributed by atoms with van der Waals surface area (Å²) in [5.41, 5.74) is 3.78. The number of carbonyl (C=O) groups is 1. The van der Waals surface area contributed by atoms with E-state index in [1.54, 1.807) is 0 Å². The summed E-state index contributed by atoms with van der Waals surface area (Å²) in [6, 6.07) is 13.9. The number of nitrogens with one attached hydrogen (secondary N) is 1. The number of hydrogen-bond acceptors (Lipinski definition) is 5. The van der Waals surface area contributed by atoms with Crippen LogP contribution in [0.5, 0.6) is 5.75 Å². The van der Waals surface area contributed by atoms with Crippen molar-refractivity contribution in [3.05, 3.63) is 86.7 Å². The molecule has 0 aliphatic rings. The second-order valence-corrected chi connectivity index (χ2v) is 6.62. The SMILES string of the molecule is COc1ccc([N+](=O)[O-])cc1C(=O)NCc1c(C)nn(Cc2ccccc2)c1C. The molecule has 0 spiro atoms. The summed E-state index contributed by atoms with van der Waals surface area (Å²) in [6.07, 6.45) is 0. The van der Waals surface area contributed by atoms with Crippen LogP contribution in [0.3, 0.4) is 0 Å². The van der Waals surface area contributed by atoms with E-state index in [0.29, 0.717) is 6.54 Å². The van der Waals surface area contributed by atoms with Gasteiger partial charge in [-0.2, -0.15) is 5.10 Å². The van der Waals surface area contributed by atoms with Crippen LogP contribution in [0.2, 0.25) is 0 Å². The van der Waals surface area contributed by atoms with Gasteiger partial charge in [-0.3, -0.25) is 19.6 Å². The molecule has 29 heavy (non-hydrogen) atoms. The number of nitrogens with zero attached hydrogens (tertiary/aromatic N) is 3. The van der Waals surface area contributed by atoms with Crippen molar-refractivity contribution in [3.63, 3.8) is 0 Å². The van der Waals surface area contributed by atoms with Crippen LogP contribution in [-0.4, -0.2) is 27.7 Å². The smallest absolute Gasteiger partial charge is 0.270 e. The zero-order valence-corrected chi connectivity index (χ0v) is 16.5. The number of rotatable bonds is 7. The van der Waals surface area contributed by atoms with Crippen LogP contribution in [0.1, 0.15) is 32.9 Å². The molecule has 0 fully saturated rings. The normalized spacial score (nSPS) is 10.6. The Bertz CT molecular complexity index is 1040. The van der Waals surface area contributed by atoms with Crippen molar-refractivity contribution in [2.24, 2.45) is 0 Å². The summed E-state index contributed by atoms with van der Waals surface area (Å²) in [5, 5.41) is 18.4. The molecule has 0 bridgehead atoms. The van der Waals surface area contributed by atoms with Crippen molar-refractivity contribution in [1.29, 1.82) is 0 Å². The highest BCUT2D eigenvalue weighted by Gasteiger charge is 2.19. The molecule has 0 saturated heterocycles. The molecule has 0 saturated carbocycles. The third-order valence-corrected chi connectivity index (χ3v) is 4.77. The standard InChI is InChI=1S/C21H22N4O4/c1-14-19(15(2)24(23-14)13-16-7-5-4-6-8-16)12-22-21(26)18-11-17(25(27)28)9-10-20(18)29-3/h4-11H,12-13H2,1-3H3,(H,22,26). The number of methoxy groups -OCH3 is 1. The lowest BCUT2D eigenvalue weighted by molar-refractivity contribution is -0.384. The first-order chi connectivity index (χ1) is 13.9. The highest BCUT2D eigenvalue weighted by molar-refractivity contribution is 5.97. The average molecular weight is 394 g/mol. The van der Waals surface area contributed by atoms with Crippen molar-refractivity contribution in [1.82, 2.24) is 15.1 Å². The van der Waals surface area contributed by atoms with Gasteiger partial charge in [-0.25, -0.2) is 0 Å². The number of aryl methyl sites for hydroxylation is 1. The van der Waals surface area contributed by atoms with Crippen molar-refractivity contribution >= 4 is 11.6 Å². The molecule has 0 unspecified atom stereocenters. The third-order valence-electron chi connectivity index (χ3n) is 4.77. The molecule has 8 heteroatoms. The highest BCUT2D eigenvalue weighted by atomic mass is 16.6. The van der Waals surface area contributed by atoms with E-state index in [2.05, 4.69) is 10.4 Å². The molecule has 3 aromatic rings. The van der Waals surface area contributed by atoms with E-state index in [1.165, 1.54) is 25.3 Å². The summed E-state index contributed by atoms with van der Waals surface area (Å²) in [6.45, 7) is 4.75. The fourth-order valence-corrected chi connectivity index (χ4v) is 3.15. The maximum atomic E-state index is 12.7. The van der Waals surface area contributed by atoms with Crippen LogP contribution < -0.4 is 10.1 Å². The number of carbonyl (C=O) groups excluding carboxylic acids is 1. The van der Waals surface area contributed by atoms with Crippen molar-refractivity contribution in [2.45, 2.75) is 26.9 Å². The summed E-state index contributed by atoms with van der Waals surface area (Å²) >= 11 is 0. The fraction of sp³-hybridized carbons (Fsp3) is 0.238. The number of hydrogen-bond donors (Lipinski definition) is 1. The molecular weight excluding hydrogens is 372 g/mol. The van der Waals surface area contributed by atoms with Gasteiger partial charge < -0.3 is 10.1 Å². The van der Waals surface area contributed by atoms with Gasteiger partial charge in [-0.1, -0.05) is 30.3 Å². The summed E-state index contributed by atoms with van der Waals surface area (Å²) in [7, 11) is 1.42. The molecule has 1 aromatic heterocycles. The van der Waals surface area contributed by atoms with Crippen molar-refractivity contribution < 1.29 is 14.5 Å². The van der Waals surface area contributed by atoms with Gasteiger partial charge in [0, 0.05) is 29.9 Å². The number of ether oxygens (including phenoxy) is 1. The van der Waals surface area contributed by atoms with Gasteiger partial charge in [0.2, 0.25) is 0 Å². The van der Waals surface area contributed by atoms with Crippen LogP contribution in [-0.2, 0) is 13.1 Å². The quantitative estimate of drug-likeness (QED) is 0.489. The van der Waals surface area contributed by atoms with Gasteiger partial charge in [0.05, 0.1) is 29.8 Å². The number of non-ortho nitro benzene ring substituents is 1. The molecule has 150 valence electrons. The lowest BCUT2D eigenvalue weighted by atomic mass is 10.1.